The number of aliphatic hydroxyl groups is 1. The number of hydrogen-bond acceptors (Lipinski definition) is 2. The highest BCUT2D eigenvalue weighted by Gasteiger charge is 2.63. The van der Waals surface area contributed by atoms with Gasteiger partial charge in [-0.15, -0.1) is 0 Å². The lowest BCUT2D eigenvalue weighted by Crippen LogP contribution is -2.35. The van der Waals surface area contributed by atoms with E-state index in [1.165, 1.54) is 12.0 Å². The molecule has 1 aromatic heterocycles. The number of aromatic nitrogens is 1. The van der Waals surface area contributed by atoms with E-state index in [4.69, 9.17) is 0 Å². The average molecular weight is 243 g/mol. The van der Waals surface area contributed by atoms with Crippen molar-refractivity contribution in [1.82, 2.24) is 4.98 Å². The lowest BCUT2D eigenvalue weighted by molar-refractivity contribution is 0.0264. The second-order valence-electron chi connectivity index (χ2n) is 6.53. The van der Waals surface area contributed by atoms with Crippen LogP contribution in [0.2, 0.25) is 0 Å². The van der Waals surface area contributed by atoms with Crippen molar-refractivity contribution in [3.8, 4) is 0 Å². The fourth-order valence-corrected chi connectivity index (χ4v) is 3.97. The van der Waals surface area contributed by atoms with Gasteiger partial charge in [-0.05, 0) is 48.0 Å². The van der Waals surface area contributed by atoms with Crippen molar-refractivity contribution < 1.29 is 5.11 Å². The first-order valence-corrected chi connectivity index (χ1v) is 6.77. The molecule has 1 heterocycles. The highest BCUT2D eigenvalue weighted by atomic mass is 16.3. The smallest absolute Gasteiger partial charge is 0.0815 e. The van der Waals surface area contributed by atoms with E-state index in [9.17, 15) is 5.11 Å². The zero-order valence-electron chi connectivity index (χ0n) is 11.4. The van der Waals surface area contributed by atoms with Crippen molar-refractivity contribution in [2.45, 2.75) is 39.7 Å². The van der Waals surface area contributed by atoms with Gasteiger partial charge >= 0.3 is 0 Å². The molecule has 0 spiro atoms. The molecule has 96 valence electrons. The van der Waals surface area contributed by atoms with E-state index in [0.29, 0.717) is 5.92 Å². The Morgan fingerprint density at radius 3 is 2.67 bits per heavy atom. The van der Waals surface area contributed by atoms with E-state index >= 15 is 0 Å². The van der Waals surface area contributed by atoms with Gasteiger partial charge in [0.25, 0.3) is 0 Å². The number of aliphatic hydroxyl groups excluding tert-OH is 1. The molecular weight excluding hydrogens is 222 g/mol. The van der Waals surface area contributed by atoms with Crippen molar-refractivity contribution in [2.75, 3.05) is 0 Å². The van der Waals surface area contributed by atoms with Crippen molar-refractivity contribution in [1.29, 1.82) is 0 Å². The van der Waals surface area contributed by atoms with E-state index in [0.717, 1.165) is 12.1 Å². The standard InChI is InChI=1S/C16H21NO/c1-15(2)13-7-8-16(15,3)14(18)12(13)10-11-6-4-5-9-17-11/h4-6,9-10,13-14,18H,7-8H2,1-3H3. The van der Waals surface area contributed by atoms with Crippen molar-refractivity contribution in [2.24, 2.45) is 16.7 Å². The van der Waals surface area contributed by atoms with Crippen LogP contribution in [0.5, 0.6) is 0 Å². The summed E-state index contributed by atoms with van der Waals surface area (Å²) >= 11 is 0. The summed E-state index contributed by atoms with van der Waals surface area (Å²) in [6.07, 6.45) is 5.92. The maximum absolute atomic E-state index is 10.6. The topological polar surface area (TPSA) is 33.1 Å². The largest absolute Gasteiger partial charge is 0.388 e. The number of fused-ring (bicyclic) bond motifs is 2. The zero-order chi connectivity index (χ0) is 13.0. The molecular formula is C16H21NO. The molecule has 0 saturated heterocycles. The summed E-state index contributed by atoms with van der Waals surface area (Å²) in [4.78, 5) is 4.34. The predicted octanol–water partition coefficient (Wildman–Crippen LogP) is 3.28. The van der Waals surface area contributed by atoms with Crippen LogP contribution in [0.3, 0.4) is 0 Å². The Morgan fingerprint density at radius 1 is 1.33 bits per heavy atom. The molecule has 18 heavy (non-hydrogen) atoms. The quantitative estimate of drug-likeness (QED) is 0.821. The minimum absolute atomic E-state index is 0.0261. The van der Waals surface area contributed by atoms with Crippen molar-refractivity contribution in [3.05, 3.63) is 35.7 Å². The summed E-state index contributed by atoms with van der Waals surface area (Å²) in [7, 11) is 0. The average Bonchev–Trinajstić information content (AvgIpc) is 2.65. The molecule has 1 N–H and O–H groups in total. The molecule has 3 atom stereocenters. The third-order valence-corrected chi connectivity index (χ3v) is 5.62. The Morgan fingerprint density at radius 2 is 2.11 bits per heavy atom. The van der Waals surface area contributed by atoms with Crippen LogP contribution in [0, 0.1) is 16.7 Å². The fraction of sp³-hybridized carbons (Fsp3) is 0.562. The summed E-state index contributed by atoms with van der Waals surface area (Å²) in [5, 5.41) is 10.6. The van der Waals surface area contributed by atoms with Crippen LogP contribution in [0.25, 0.3) is 6.08 Å². The van der Waals surface area contributed by atoms with Gasteiger partial charge in [0.2, 0.25) is 0 Å². The Bertz CT molecular complexity index is 491. The molecule has 2 aliphatic rings. The van der Waals surface area contributed by atoms with E-state index in [2.05, 4.69) is 31.8 Å². The molecule has 0 aliphatic heterocycles. The van der Waals surface area contributed by atoms with Gasteiger partial charge in [-0.2, -0.15) is 0 Å². The number of nitrogens with zero attached hydrogens (tertiary/aromatic N) is 1. The second kappa shape index (κ2) is 3.67. The first-order chi connectivity index (χ1) is 8.47. The molecule has 2 nitrogen and oxygen atoms in total. The van der Waals surface area contributed by atoms with Crippen LogP contribution in [-0.2, 0) is 0 Å². The molecule has 2 heteroatoms. The van der Waals surface area contributed by atoms with Crippen LogP contribution in [0.1, 0.15) is 39.3 Å². The van der Waals surface area contributed by atoms with Gasteiger partial charge in [0, 0.05) is 11.6 Å². The maximum Gasteiger partial charge on any atom is 0.0815 e. The van der Waals surface area contributed by atoms with E-state index in [1.807, 2.05) is 18.2 Å². The highest BCUT2D eigenvalue weighted by molar-refractivity contribution is 5.54. The predicted molar refractivity (Wildman–Crippen MR) is 72.8 cm³/mol. The van der Waals surface area contributed by atoms with Gasteiger partial charge in [0.15, 0.2) is 0 Å². The SMILES string of the molecule is CC1(C)C2CCC1(C)C(O)C2=Cc1ccccn1. The maximum atomic E-state index is 10.6. The summed E-state index contributed by atoms with van der Waals surface area (Å²) in [6.45, 7) is 6.83. The Balaban J connectivity index is 2.04. The number of hydrogen-bond donors (Lipinski definition) is 1. The van der Waals surface area contributed by atoms with Crippen molar-refractivity contribution >= 4 is 6.08 Å². The highest BCUT2D eigenvalue weighted by Crippen LogP contribution is 2.67. The monoisotopic (exact) mass is 243 g/mol. The van der Waals surface area contributed by atoms with E-state index in [-0.39, 0.29) is 16.9 Å². The van der Waals surface area contributed by atoms with Gasteiger partial charge in [0.1, 0.15) is 0 Å². The molecule has 1 aromatic rings. The van der Waals surface area contributed by atoms with Gasteiger partial charge in [-0.1, -0.05) is 26.8 Å². The Kier molecular flexibility index (Phi) is 2.43. The van der Waals surface area contributed by atoms with Gasteiger partial charge in [-0.3, -0.25) is 4.98 Å². The lowest BCUT2D eigenvalue weighted by Gasteiger charge is -2.36. The van der Waals surface area contributed by atoms with E-state index < -0.39 is 0 Å². The molecule has 0 amide bonds. The van der Waals surface area contributed by atoms with Crippen LogP contribution in [0.4, 0.5) is 0 Å². The molecule has 2 fully saturated rings. The Labute approximate surface area is 109 Å². The van der Waals surface area contributed by atoms with Crippen LogP contribution in [0.15, 0.2) is 30.0 Å². The second-order valence-corrected chi connectivity index (χ2v) is 6.53. The summed E-state index contributed by atoms with van der Waals surface area (Å²) < 4.78 is 0. The zero-order valence-corrected chi connectivity index (χ0v) is 11.4. The van der Waals surface area contributed by atoms with Gasteiger partial charge in [-0.25, -0.2) is 0 Å². The van der Waals surface area contributed by atoms with E-state index in [1.54, 1.807) is 6.20 Å². The molecule has 0 aromatic carbocycles. The van der Waals surface area contributed by atoms with Crippen molar-refractivity contribution in [3.63, 3.8) is 0 Å². The molecule has 2 aliphatic carbocycles. The van der Waals surface area contributed by atoms with Gasteiger partial charge in [0.05, 0.1) is 11.8 Å². The summed E-state index contributed by atoms with van der Waals surface area (Å²) in [5.74, 6) is 0.500. The third-order valence-electron chi connectivity index (χ3n) is 5.62. The minimum atomic E-state index is -0.312. The van der Waals surface area contributed by atoms with Crippen LogP contribution in [-0.4, -0.2) is 16.2 Å². The van der Waals surface area contributed by atoms with Gasteiger partial charge < -0.3 is 5.11 Å². The minimum Gasteiger partial charge on any atom is -0.388 e. The molecule has 0 radical (unpaired) electrons. The molecule has 2 bridgehead atoms. The normalized spacial score (nSPS) is 39.4. The fourth-order valence-electron chi connectivity index (χ4n) is 3.97. The summed E-state index contributed by atoms with van der Waals surface area (Å²) in [5.41, 5.74) is 2.36. The lowest BCUT2D eigenvalue weighted by atomic mass is 9.70. The molecule has 3 unspecified atom stereocenters. The molecule has 2 saturated carbocycles. The first kappa shape index (κ1) is 11.9. The Hall–Kier alpha value is -1.15. The first-order valence-electron chi connectivity index (χ1n) is 6.77. The molecule has 3 rings (SSSR count). The number of pyridine rings is 1. The van der Waals surface area contributed by atoms with Crippen LogP contribution < -0.4 is 0 Å². The number of rotatable bonds is 1. The van der Waals surface area contributed by atoms with Crippen LogP contribution >= 0.6 is 0 Å². The third kappa shape index (κ3) is 1.36. The summed E-state index contributed by atoms with van der Waals surface area (Å²) in [6, 6.07) is 5.91.